The second kappa shape index (κ2) is 9.75. The Morgan fingerprint density at radius 3 is 2.24 bits per heavy atom. The molecule has 0 aromatic heterocycles. The van der Waals surface area contributed by atoms with Crippen LogP contribution in [0.1, 0.15) is 24.0 Å². The van der Waals surface area contributed by atoms with Crippen molar-refractivity contribution >= 4 is 5.91 Å². The molecule has 1 unspecified atom stereocenters. The predicted molar refractivity (Wildman–Crippen MR) is 128 cm³/mol. The number of rotatable bonds is 9. The van der Waals surface area contributed by atoms with Crippen LogP contribution in [0.15, 0.2) is 84.9 Å². The largest absolute Gasteiger partial charge is 0.493 e. The number of amides is 1. The van der Waals surface area contributed by atoms with Gasteiger partial charge in [-0.1, -0.05) is 66.7 Å². The number of hydrogen-bond acceptors (Lipinski definition) is 2. The van der Waals surface area contributed by atoms with Crippen LogP contribution in [-0.2, 0) is 10.2 Å². The van der Waals surface area contributed by atoms with E-state index in [2.05, 4.69) is 7.05 Å². The maximum absolute atomic E-state index is 13.4. The zero-order valence-corrected chi connectivity index (χ0v) is 19.1. The van der Waals surface area contributed by atoms with E-state index in [0.717, 1.165) is 48.1 Å². The summed E-state index contributed by atoms with van der Waals surface area (Å²) in [7, 11) is 2.24. The van der Waals surface area contributed by atoms with Crippen LogP contribution in [0.3, 0.4) is 0 Å². The van der Waals surface area contributed by atoms with E-state index in [1.807, 2.05) is 60.7 Å². The highest BCUT2D eigenvalue weighted by Crippen LogP contribution is 2.45. The van der Waals surface area contributed by atoms with E-state index in [0.29, 0.717) is 12.4 Å². The van der Waals surface area contributed by atoms with E-state index >= 15 is 0 Å². The van der Waals surface area contributed by atoms with Gasteiger partial charge in [-0.25, -0.2) is 4.39 Å². The van der Waals surface area contributed by atoms with Gasteiger partial charge in [0.25, 0.3) is 0 Å². The van der Waals surface area contributed by atoms with Crippen LogP contribution in [0, 0.1) is 11.7 Å². The fourth-order valence-electron chi connectivity index (χ4n) is 5.46. The van der Waals surface area contributed by atoms with Gasteiger partial charge in [-0.15, -0.1) is 0 Å². The van der Waals surface area contributed by atoms with Crippen molar-refractivity contribution in [2.45, 2.75) is 18.3 Å². The Hall–Kier alpha value is -3.18. The molecular weight excluding hydrogens is 415 g/mol. The van der Waals surface area contributed by atoms with Crippen LogP contribution in [0.5, 0.6) is 5.75 Å². The molecule has 0 bridgehead atoms. The molecule has 1 fully saturated rings. The molecule has 5 heteroatoms. The number of primary amides is 1. The predicted octanol–water partition coefficient (Wildman–Crippen LogP) is 4.53. The van der Waals surface area contributed by atoms with Crippen LogP contribution < -0.4 is 10.5 Å². The number of carbonyl (C=O) groups excluding carboxylic acids is 1. The number of hydrogen-bond donors (Lipinski definition) is 1. The Labute approximate surface area is 195 Å². The normalized spacial score (nSPS) is 20.5. The minimum Gasteiger partial charge on any atom is -0.493 e. The van der Waals surface area contributed by atoms with Crippen molar-refractivity contribution in [2.24, 2.45) is 11.7 Å². The van der Waals surface area contributed by atoms with Crippen molar-refractivity contribution < 1.29 is 18.4 Å². The van der Waals surface area contributed by atoms with Crippen molar-refractivity contribution in [2.75, 3.05) is 33.3 Å². The summed E-state index contributed by atoms with van der Waals surface area (Å²) in [4.78, 5) is 13.2. The van der Waals surface area contributed by atoms with Gasteiger partial charge in [0, 0.05) is 24.8 Å². The first-order valence-electron chi connectivity index (χ1n) is 11.6. The third-order valence-electron chi connectivity index (χ3n) is 7.04. The molecule has 1 aliphatic rings. The lowest BCUT2D eigenvalue weighted by Gasteiger charge is -2.38. The zero-order chi connectivity index (χ0) is 23.3. The maximum Gasteiger partial charge on any atom is 0.233 e. The number of carbonyl (C=O) groups is 1. The Morgan fingerprint density at radius 1 is 1.03 bits per heavy atom. The first-order chi connectivity index (χ1) is 15.9. The lowest BCUT2D eigenvalue weighted by molar-refractivity contribution is -0.899. The molecule has 1 heterocycles. The van der Waals surface area contributed by atoms with Crippen molar-refractivity contribution in [3.63, 3.8) is 0 Å². The fourth-order valence-corrected chi connectivity index (χ4v) is 5.46. The summed E-state index contributed by atoms with van der Waals surface area (Å²) in [6.45, 7) is 3.27. The molecule has 0 saturated carbocycles. The van der Waals surface area contributed by atoms with E-state index in [1.54, 1.807) is 12.1 Å². The van der Waals surface area contributed by atoms with E-state index in [1.165, 1.54) is 12.1 Å². The molecule has 4 nitrogen and oxygen atoms in total. The van der Waals surface area contributed by atoms with Crippen LogP contribution in [0.25, 0.3) is 0 Å². The van der Waals surface area contributed by atoms with Crippen molar-refractivity contribution in [3.05, 3.63) is 102 Å². The SMILES string of the molecule is C[N+]1(CCCOc2cccc(F)c2)CC[C@@H](C(C(N)=O)(c2ccccc2)c2ccccc2)C1. The van der Waals surface area contributed by atoms with Crippen molar-refractivity contribution in [1.29, 1.82) is 0 Å². The molecule has 1 amide bonds. The van der Waals surface area contributed by atoms with Crippen LogP contribution >= 0.6 is 0 Å². The van der Waals surface area contributed by atoms with Crippen LogP contribution in [0.4, 0.5) is 4.39 Å². The highest BCUT2D eigenvalue weighted by molar-refractivity contribution is 5.91. The summed E-state index contributed by atoms with van der Waals surface area (Å²) < 4.78 is 20.0. The number of benzene rings is 3. The Kier molecular flexibility index (Phi) is 6.80. The third-order valence-corrected chi connectivity index (χ3v) is 7.04. The molecule has 1 saturated heterocycles. The molecule has 3 aromatic rings. The van der Waals surface area contributed by atoms with Gasteiger partial charge in [-0.2, -0.15) is 0 Å². The fraction of sp³-hybridized carbons (Fsp3) is 0.321. The van der Waals surface area contributed by atoms with E-state index in [9.17, 15) is 9.18 Å². The van der Waals surface area contributed by atoms with Gasteiger partial charge in [0.1, 0.15) is 17.0 Å². The monoisotopic (exact) mass is 447 g/mol. The van der Waals surface area contributed by atoms with E-state index in [4.69, 9.17) is 10.5 Å². The summed E-state index contributed by atoms with van der Waals surface area (Å²) >= 11 is 0. The molecule has 1 aliphatic heterocycles. The van der Waals surface area contributed by atoms with Crippen molar-refractivity contribution in [1.82, 2.24) is 0 Å². The maximum atomic E-state index is 13.4. The highest BCUT2D eigenvalue weighted by atomic mass is 19.1. The van der Waals surface area contributed by atoms with Gasteiger partial charge in [0.15, 0.2) is 0 Å². The summed E-state index contributed by atoms with van der Waals surface area (Å²) in [6, 6.07) is 26.2. The quantitative estimate of drug-likeness (QED) is 0.387. The first kappa shape index (κ1) is 23.0. The minimum atomic E-state index is -0.864. The zero-order valence-electron chi connectivity index (χ0n) is 19.1. The molecule has 0 radical (unpaired) electrons. The molecule has 33 heavy (non-hydrogen) atoms. The summed E-state index contributed by atoms with van der Waals surface area (Å²) in [5, 5.41) is 0. The second-order valence-corrected chi connectivity index (χ2v) is 9.30. The van der Waals surface area contributed by atoms with E-state index in [-0.39, 0.29) is 17.6 Å². The molecule has 3 aromatic carbocycles. The van der Waals surface area contributed by atoms with Gasteiger partial charge in [-0.3, -0.25) is 4.79 Å². The Morgan fingerprint density at radius 2 is 1.67 bits per heavy atom. The topological polar surface area (TPSA) is 52.3 Å². The van der Waals surface area contributed by atoms with Crippen LogP contribution in [0.2, 0.25) is 0 Å². The molecule has 0 aliphatic carbocycles. The smallest absolute Gasteiger partial charge is 0.233 e. The Bertz CT molecular complexity index is 1030. The molecule has 172 valence electrons. The highest BCUT2D eigenvalue weighted by Gasteiger charge is 2.53. The number of nitrogens with zero attached hydrogens (tertiary/aromatic N) is 1. The Balaban J connectivity index is 1.52. The standard InChI is InChI=1S/C28H31FN2O2/c1-31(17-9-19-33-26-15-8-14-25(29)20-26)18-16-24(21-31)28(27(30)32,22-10-4-2-5-11-22)23-12-6-3-7-13-23/h2-8,10-15,20,24H,9,16-19,21H2,1H3,(H-,30,32)/p+1/t24-,31?/m1/s1. The molecule has 2 atom stereocenters. The van der Waals surface area contributed by atoms with Gasteiger partial charge < -0.3 is 15.0 Å². The minimum absolute atomic E-state index is 0.0916. The summed E-state index contributed by atoms with van der Waals surface area (Å²) in [5.41, 5.74) is 7.25. The average molecular weight is 448 g/mol. The number of ether oxygens (including phenoxy) is 1. The number of quaternary nitrogens is 1. The average Bonchev–Trinajstić information content (AvgIpc) is 3.21. The van der Waals surface area contributed by atoms with E-state index < -0.39 is 5.41 Å². The van der Waals surface area contributed by atoms with Crippen molar-refractivity contribution in [3.8, 4) is 5.75 Å². The number of nitrogens with two attached hydrogens (primary N) is 1. The summed E-state index contributed by atoms with van der Waals surface area (Å²) in [6.07, 6.45) is 1.76. The first-order valence-corrected chi connectivity index (χ1v) is 11.6. The third kappa shape index (κ3) is 4.79. The summed E-state index contributed by atoms with van der Waals surface area (Å²) in [5.74, 6) is 0.0538. The van der Waals surface area contributed by atoms with Gasteiger partial charge in [0.05, 0.1) is 33.3 Å². The van der Waals surface area contributed by atoms with Gasteiger partial charge >= 0.3 is 0 Å². The number of halogens is 1. The molecular formula is C28H32FN2O2+. The molecule has 4 rings (SSSR count). The van der Waals surface area contributed by atoms with Gasteiger partial charge in [-0.05, 0) is 23.3 Å². The molecule has 0 spiro atoms. The van der Waals surface area contributed by atoms with Gasteiger partial charge in [0.2, 0.25) is 5.91 Å². The number of likely N-dealkylation sites (tertiary alicyclic amines) is 1. The second-order valence-electron chi connectivity index (χ2n) is 9.30. The lowest BCUT2D eigenvalue weighted by atomic mass is 9.64. The van der Waals surface area contributed by atoms with Crippen LogP contribution in [-0.4, -0.2) is 43.7 Å². The lowest BCUT2D eigenvalue weighted by Crippen LogP contribution is -2.51. The molecule has 2 N–H and O–H groups in total.